The number of halogens is 2. The minimum Gasteiger partial charge on any atom is -0.281 e. The van der Waals surface area contributed by atoms with E-state index >= 15 is 0 Å². The number of aliphatic imine (C=N–C) groups is 1. The average molecular weight is 345 g/mol. The predicted octanol–water partition coefficient (Wildman–Crippen LogP) is 4.00. The van der Waals surface area contributed by atoms with Crippen LogP contribution in [0.15, 0.2) is 53.5 Å². The maximum absolute atomic E-state index is 6.23. The molecule has 0 saturated heterocycles. The highest BCUT2D eigenvalue weighted by Gasteiger charge is 2.21. The van der Waals surface area contributed by atoms with Crippen LogP contribution >= 0.6 is 24.0 Å². The van der Waals surface area contributed by atoms with Crippen molar-refractivity contribution >= 4 is 29.7 Å². The van der Waals surface area contributed by atoms with Crippen LogP contribution in [0, 0.1) is 6.92 Å². The lowest BCUT2D eigenvalue weighted by Gasteiger charge is -2.12. The zero-order valence-electron chi connectivity index (χ0n) is 12.4. The number of aromatic nitrogens is 3. The van der Waals surface area contributed by atoms with Crippen LogP contribution in [0.25, 0.3) is 5.69 Å². The van der Waals surface area contributed by atoms with Gasteiger partial charge in [-0.05, 0) is 25.1 Å². The molecule has 0 atom stereocenters. The summed E-state index contributed by atoms with van der Waals surface area (Å²) in [5.74, 6) is 1.69. The van der Waals surface area contributed by atoms with Gasteiger partial charge in [-0.2, -0.15) is 0 Å². The Balaban J connectivity index is 0.00000156. The molecule has 1 aromatic heterocycles. The number of hydrogen-bond donors (Lipinski definition) is 0. The largest absolute Gasteiger partial charge is 0.281 e. The first-order valence-corrected chi connectivity index (χ1v) is 7.43. The Hall–Kier alpha value is -2.17. The quantitative estimate of drug-likeness (QED) is 0.669. The second kappa shape index (κ2) is 6.14. The summed E-state index contributed by atoms with van der Waals surface area (Å²) in [5.41, 5.74) is 4.02. The standard InChI is InChI=1S/C17H13ClN4.ClH/c1-11-20-21-16-10-19-17(12-5-3-2-4-6-12)14-9-13(18)7-8-15(14)22(11)16;/h2-9H,10H2,1H3;1H. The van der Waals surface area contributed by atoms with Crippen molar-refractivity contribution in [2.75, 3.05) is 0 Å². The molecule has 0 saturated carbocycles. The summed E-state index contributed by atoms with van der Waals surface area (Å²) in [6.45, 7) is 2.44. The zero-order valence-corrected chi connectivity index (χ0v) is 14.0. The molecule has 4 rings (SSSR count). The maximum atomic E-state index is 6.23. The molecule has 4 nitrogen and oxygen atoms in total. The molecule has 116 valence electrons. The Morgan fingerprint density at radius 1 is 1.04 bits per heavy atom. The number of aryl methyl sites for hydroxylation is 1. The first-order valence-electron chi connectivity index (χ1n) is 7.05. The van der Waals surface area contributed by atoms with Gasteiger partial charge in [-0.1, -0.05) is 41.9 Å². The van der Waals surface area contributed by atoms with Crippen LogP contribution in [0.2, 0.25) is 5.02 Å². The van der Waals surface area contributed by atoms with E-state index in [9.17, 15) is 0 Å². The van der Waals surface area contributed by atoms with Gasteiger partial charge in [0.25, 0.3) is 0 Å². The van der Waals surface area contributed by atoms with Crippen LogP contribution in [0.1, 0.15) is 22.8 Å². The van der Waals surface area contributed by atoms with E-state index in [1.54, 1.807) is 0 Å². The second-order valence-electron chi connectivity index (χ2n) is 5.19. The maximum Gasteiger partial charge on any atom is 0.159 e. The van der Waals surface area contributed by atoms with Crippen LogP contribution in [-0.4, -0.2) is 20.5 Å². The van der Waals surface area contributed by atoms with E-state index in [1.807, 2.05) is 47.9 Å². The van der Waals surface area contributed by atoms with Crippen LogP contribution in [0.5, 0.6) is 0 Å². The molecule has 0 fully saturated rings. The molecule has 0 bridgehead atoms. The fourth-order valence-corrected chi connectivity index (χ4v) is 2.96. The molecule has 2 aromatic carbocycles. The molecule has 0 radical (unpaired) electrons. The Morgan fingerprint density at radius 2 is 1.83 bits per heavy atom. The lowest BCUT2D eigenvalue weighted by atomic mass is 10.0. The summed E-state index contributed by atoms with van der Waals surface area (Å²) in [5, 5.41) is 9.10. The van der Waals surface area contributed by atoms with E-state index in [2.05, 4.69) is 22.3 Å². The monoisotopic (exact) mass is 344 g/mol. The molecule has 0 spiro atoms. The molecule has 0 N–H and O–H groups in total. The van der Waals surface area contributed by atoms with Crippen LogP contribution in [0.4, 0.5) is 0 Å². The van der Waals surface area contributed by atoms with Crippen molar-refractivity contribution in [1.29, 1.82) is 0 Å². The van der Waals surface area contributed by atoms with Crippen LogP contribution < -0.4 is 0 Å². The first-order chi connectivity index (χ1) is 10.7. The van der Waals surface area contributed by atoms with Gasteiger partial charge < -0.3 is 0 Å². The van der Waals surface area contributed by atoms with Gasteiger partial charge in [0.2, 0.25) is 0 Å². The van der Waals surface area contributed by atoms with Gasteiger partial charge in [0, 0.05) is 16.1 Å². The van der Waals surface area contributed by atoms with Gasteiger partial charge in [-0.3, -0.25) is 9.56 Å². The topological polar surface area (TPSA) is 43.1 Å². The molecule has 1 aliphatic rings. The van der Waals surface area contributed by atoms with Crippen molar-refractivity contribution in [3.05, 3.63) is 76.3 Å². The molecule has 3 aromatic rings. The SMILES string of the molecule is Cc1nnc2n1-c1ccc(Cl)cc1C(c1ccccc1)=NC2.Cl. The minimum absolute atomic E-state index is 0. The molecule has 23 heavy (non-hydrogen) atoms. The highest BCUT2D eigenvalue weighted by atomic mass is 35.5. The first kappa shape index (κ1) is 15.7. The van der Waals surface area contributed by atoms with Crippen molar-refractivity contribution in [1.82, 2.24) is 14.8 Å². The lowest BCUT2D eigenvalue weighted by Crippen LogP contribution is -2.08. The van der Waals surface area contributed by atoms with E-state index < -0.39 is 0 Å². The summed E-state index contributed by atoms with van der Waals surface area (Å²) < 4.78 is 2.05. The molecule has 0 aliphatic carbocycles. The summed E-state index contributed by atoms with van der Waals surface area (Å²) in [6.07, 6.45) is 0. The van der Waals surface area contributed by atoms with Gasteiger partial charge in [0.1, 0.15) is 12.4 Å². The number of nitrogens with zero attached hydrogens (tertiary/aromatic N) is 4. The third kappa shape index (κ3) is 2.64. The number of hydrogen-bond acceptors (Lipinski definition) is 3. The fourth-order valence-electron chi connectivity index (χ4n) is 2.79. The van der Waals surface area contributed by atoms with Gasteiger partial charge in [-0.25, -0.2) is 0 Å². The Bertz CT molecular complexity index is 885. The van der Waals surface area contributed by atoms with E-state index in [4.69, 9.17) is 16.6 Å². The third-order valence-corrected chi connectivity index (χ3v) is 4.01. The molecule has 0 unspecified atom stereocenters. The Kier molecular flexibility index (Phi) is 4.20. The average Bonchev–Trinajstić information content (AvgIpc) is 2.82. The summed E-state index contributed by atoms with van der Waals surface area (Å²) >= 11 is 6.23. The predicted molar refractivity (Wildman–Crippen MR) is 94.1 cm³/mol. The van der Waals surface area contributed by atoms with Crippen molar-refractivity contribution in [3.8, 4) is 5.69 Å². The Morgan fingerprint density at radius 3 is 2.61 bits per heavy atom. The Labute approximate surface area is 145 Å². The van der Waals surface area contributed by atoms with Crippen molar-refractivity contribution in [2.45, 2.75) is 13.5 Å². The highest BCUT2D eigenvalue weighted by Crippen LogP contribution is 2.27. The molecule has 1 aliphatic heterocycles. The lowest BCUT2D eigenvalue weighted by molar-refractivity contribution is 0.862. The van der Waals surface area contributed by atoms with E-state index in [1.165, 1.54) is 0 Å². The van der Waals surface area contributed by atoms with Gasteiger partial charge >= 0.3 is 0 Å². The molecule has 2 heterocycles. The number of fused-ring (bicyclic) bond motifs is 3. The van der Waals surface area contributed by atoms with Gasteiger partial charge in [0.15, 0.2) is 5.82 Å². The summed E-state index contributed by atoms with van der Waals surface area (Å²) in [4.78, 5) is 4.77. The molecular formula is C17H14Cl2N4. The van der Waals surface area contributed by atoms with E-state index in [-0.39, 0.29) is 12.4 Å². The molecule has 6 heteroatoms. The summed E-state index contributed by atoms with van der Waals surface area (Å²) in [6, 6.07) is 16.0. The van der Waals surface area contributed by atoms with Crippen molar-refractivity contribution in [2.24, 2.45) is 4.99 Å². The van der Waals surface area contributed by atoms with Crippen LogP contribution in [0.3, 0.4) is 0 Å². The van der Waals surface area contributed by atoms with Gasteiger partial charge in [-0.15, -0.1) is 22.6 Å². The zero-order chi connectivity index (χ0) is 15.1. The smallest absolute Gasteiger partial charge is 0.159 e. The number of benzene rings is 2. The molecule has 0 amide bonds. The number of rotatable bonds is 1. The van der Waals surface area contributed by atoms with E-state index in [0.29, 0.717) is 11.6 Å². The second-order valence-corrected chi connectivity index (χ2v) is 5.63. The summed E-state index contributed by atoms with van der Waals surface area (Å²) in [7, 11) is 0. The highest BCUT2D eigenvalue weighted by molar-refractivity contribution is 6.31. The normalized spacial score (nSPS) is 12.5. The van der Waals surface area contributed by atoms with Gasteiger partial charge in [0.05, 0.1) is 11.4 Å². The minimum atomic E-state index is 0. The fraction of sp³-hybridized carbons (Fsp3) is 0.118. The van der Waals surface area contributed by atoms with E-state index in [0.717, 1.165) is 34.2 Å². The molecular weight excluding hydrogens is 331 g/mol. The van der Waals surface area contributed by atoms with Crippen molar-refractivity contribution in [3.63, 3.8) is 0 Å². The third-order valence-electron chi connectivity index (χ3n) is 3.77. The van der Waals surface area contributed by atoms with Crippen molar-refractivity contribution < 1.29 is 0 Å². The van der Waals surface area contributed by atoms with Crippen LogP contribution in [-0.2, 0) is 6.54 Å².